The Hall–Kier alpha value is -5.12. The summed E-state index contributed by atoms with van der Waals surface area (Å²) in [5.41, 5.74) is 4.66. The lowest BCUT2D eigenvalue weighted by atomic mass is 10.1. The summed E-state index contributed by atoms with van der Waals surface area (Å²) < 4.78 is 3.35. The van der Waals surface area contributed by atoms with Crippen LogP contribution in [0.2, 0.25) is 0 Å². The maximum atomic E-state index is 11.0. The summed E-state index contributed by atoms with van der Waals surface area (Å²) in [7, 11) is 0. The lowest BCUT2D eigenvalue weighted by molar-refractivity contribution is -0.384. The predicted octanol–water partition coefficient (Wildman–Crippen LogP) is 4.58. The summed E-state index contributed by atoms with van der Waals surface area (Å²) in [6.45, 7) is 0.176. The van der Waals surface area contributed by atoms with Crippen molar-refractivity contribution in [2.75, 3.05) is 0 Å². The topological polar surface area (TPSA) is 113 Å². The first-order valence-electron chi connectivity index (χ1n) is 10.7. The van der Waals surface area contributed by atoms with E-state index in [1.807, 2.05) is 60.7 Å². The van der Waals surface area contributed by atoms with E-state index in [9.17, 15) is 10.1 Å². The van der Waals surface area contributed by atoms with Crippen LogP contribution in [0, 0.1) is 10.1 Å². The maximum Gasteiger partial charge on any atom is 0.269 e. The van der Waals surface area contributed by atoms with Crippen LogP contribution in [0.3, 0.4) is 0 Å². The molecule has 5 aromatic rings. The molecular weight excluding hydrogens is 446 g/mol. The largest absolute Gasteiger partial charge is 0.389 e. The van der Waals surface area contributed by atoms with Crippen molar-refractivity contribution in [2.24, 2.45) is 5.16 Å². The van der Waals surface area contributed by atoms with Gasteiger partial charge < -0.3 is 4.84 Å². The Morgan fingerprint density at radius 2 is 1.66 bits per heavy atom. The molecule has 0 saturated heterocycles. The number of nitro groups is 1. The Kier molecular flexibility index (Phi) is 6.07. The third-order valence-corrected chi connectivity index (χ3v) is 5.21. The van der Waals surface area contributed by atoms with Crippen LogP contribution < -0.4 is 0 Å². The van der Waals surface area contributed by atoms with Gasteiger partial charge in [0.05, 0.1) is 28.7 Å². The number of para-hydroxylation sites is 1. The van der Waals surface area contributed by atoms with Gasteiger partial charge >= 0.3 is 0 Å². The lowest BCUT2D eigenvalue weighted by Crippen LogP contribution is -2.02. The minimum absolute atomic E-state index is 0.0172. The van der Waals surface area contributed by atoms with Crippen molar-refractivity contribution in [2.45, 2.75) is 6.61 Å². The van der Waals surface area contributed by atoms with Gasteiger partial charge in [-0.15, -0.1) is 5.10 Å². The van der Waals surface area contributed by atoms with Gasteiger partial charge in [0.25, 0.3) is 5.69 Å². The van der Waals surface area contributed by atoms with Gasteiger partial charge in [-0.05, 0) is 24.3 Å². The van der Waals surface area contributed by atoms with E-state index in [1.54, 1.807) is 40.1 Å². The number of hydrogen-bond donors (Lipinski definition) is 0. The standard InChI is InChI=1S/C25H19N7O3/c33-32(34)23-13-11-21(12-14-23)30-17-20(25(28-30)19-7-3-1-4-8-19)15-27-35-18-24-16-26-29-31(24)22-9-5-2-6-10-22/h1-17H,18H2. The van der Waals surface area contributed by atoms with Crippen molar-refractivity contribution in [3.8, 4) is 22.6 Å². The van der Waals surface area contributed by atoms with Crippen LogP contribution in [0.25, 0.3) is 22.6 Å². The maximum absolute atomic E-state index is 11.0. The summed E-state index contributed by atoms with van der Waals surface area (Å²) >= 11 is 0. The SMILES string of the molecule is O=[N+]([O-])c1ccc(-n2cc(C=NOCc3cnnn3-c3ccccc3)c(-c3ccccc3)n2)cc1. The van der Waals surface area contributed by atoms with E-state index in [0.717, 1.165) is 22.5 Å². The predicted molar refractivity (Wildman–Crippen MR) is 129 cm³/mol. The fourth-order valence-electron chi connectivity index (χ4n) is 3.50. The minimum Gasteiger partial charge on any atom is -0.389 e. The highest BCUT2D eigenvalue weighted by Gasteiger charge is 2.13. The Balaban J connectivity index is 1.38. The molecule has 5 rings (SSSR count). The molecule has 0 aliphatic heterocycles. The molecule has 0 spiro atoms. The first-order valence-corrected chi connectivity index (χ1v) is 10.7. The number of benzene rings is 3. The molecule has 0 N–H and O–H groups in total. The molecule has 3 aromatic carbocycles. The Morgan fingerprint density at radius 1 is 0.943 bits per heavy atom. The normalized spacial score (nSPS) is 11.1. The number of hydrogen-bond acceptors (Lipinski definition) is 7. The van der Waals surface area contributed by atoms with Crippen molar-refractivity contribution >= 4 is 11.9 Å². The fourth-order valence-corrected chi connectivity index (χ4v) is 3.50. The summed E-state index contributed by atoms with van der Waals surface area (Å²) in [5.74, 6) is 0. The first kappa shape index (κ1) is 21.7. The van der Waals surface area contributed by atoms with E-state index in [-0.39, 0.29) is 12.3 Å². The molecule has 0 bridgehead atoms. The van der Waals surface area contributed by atoms with Gasteiger partial charge in [-0.3, -0.25) is 10.1 Å². The van der Waals surface area contributed by atoms with E-state index in [2.05, 4.69) is 20.6 Å². The van der Waals surface area contributed by atoms with Crippen molar-refractivity contribution in [1.29, 1.82) is 0 Å². The average molecular weight is 465 g/mol. The van der Waals surface area contributed by atoms with Crippen molar-refractivity contribution in [3.63, 3.8) is 0 Å². The zero-order valence-corrected chi connectivity index (χ0v) is 18.4. The smallest absolute Gasteiger partial charge is 0.269 e. The number of oxime groups is 1. The van der Waals surface area contributed by atoms with Crippen LogP contribution in [-0.2, 0) is 11.4 Å². The van der Waals surface area contributed by atoms with Gasteiger partial charge in [0.2, 0.25) is 0 Å². The zero-order chi connectivity index (χ0) is 24.0. The lowest BCUT2D eigenvalue weighted by Gasteiger charge is -2.04. The molecule has 2 aromatic heterocycles. The number of nitrogens with zero attached hydrogens (tertiary/aromatic N) is 7. The molecule has 0 saturated carbocycles. The Bertz CT molecular complexity index is 1460. The van der Waals surface area contributed by atoms with Crippen LogP contribution in [0.5, 0.6) is 0 Å². The third kappa shape index (κ3) is 4.81. The molecule has 0 amide bonds. The highest BCUT2D eigenvalue weighted by atomic mass is 16.6. The van der Waals surface area contributed by atoms with Gasteiger partial charge in [0.1, 0.15) is 11.4 Å². The van der Waals surface area contributed by atoms with Crippen LogP contribution >= 0.6 is 0 Å². The third-order valence-electron chi connectivity index (χ3n) is 5.21. The molecule has 2 heterocycles. The summed E-state index contributed by atoms with van der Waals surface area (Å²) in [4.78, 5) is 16.1. The molecule has 172 valence electrons. The second-order valence-electron chi connectivity index (χ2n) is 7.50. The Labute approximate surface area is 199 Å². The molecule has 0 fully saturated rings. The second kappa shape index (κ2) is 9.79. The fraction of sp³-hybridized carbons (Fsp3) is 0.0400. The number of rotatable bonds is 8. The molecule has 0 radical (unpaired) electrons. The van der Waals surface area contributed by atoms with Crippen molar-refractivity contribution < 1.29 is 9.76 Å². The van der Waals surface area contributed by atoms with E-state index in [4.69, 9.17) is 4.84 Å². The first-order chi connectivity index (χ1) is 17.2. The van der Waals surface area contributed by atoms with E-state index >= 15 is 0 Å². The monoisotopic (exact) mass is 465 g/mol. The van der Waals surface area contributed by atoms with Gasteiger partial charge in [0.15, 0.2) is 6.61 Å². The summed E-state index contributed by atoms with van der Waals surface area (Å²) in [6, 6.07) is 25.5. The molecular formula is C25H19N7O3. The molecule has 0 aliphatic rings. The number of aromatic nitrogens is 5. The molecule has 10 heteroatoms. The van der Waals surface area contributed by atoms with E-state index < -0.39 is 4.92 Å². The highest BCUT2D eigenvalue weighted by Crippen LogP contribution is 2.23. The molecule has 0 aliphatic carbocycles. The molecule has 0 unspecified atom stereocenters. The van der Waals surface area contributed by atoms with E-state index in [0.29, 0.717) is 11.4 Å². The summed E-state index contributed by atoms with van der Waals surface area (Å²) in [5, 5.41) is 27.9. The van der Waals surface area contributed by atoms with Gasteiger partial charge in [0, 0.05) is 29.5 Å². The molecule has 35 heavy (non-hydrogen) atoms. The van der Waals surface area contributed by atoms with Crippen LogP contribution in [0.1, 0.15) is 11.3 Å². The average Bonchev–Trinajstić information content (AvgIpc) is 3.55. The number of non-ortho nitro benzene ring substituents is 1. The molecule has 10 nitrogen and oxygen atoms in total. The van der Waals surface area contributed by atoms with Crippen molar-refractivity contribution in [3.05, 3.63) is 119 Å². The van der Waals surface area contributed by atoms with Gasteiger partial charge in [-0.2, -0.15) is 5.10 Å². The van der Waals surface area contributed by atoms with E-state index in [1.165, 1.54) is 12.1 Å². The minimum atomic E-state index is -0.434. The van der Waals surface area contributed by atoms with Gasteiger partial charge in [-0.25, -0.2) is 9.36 Å². The highest BCUT2D eigenvalue weighted by molar-refractivity contribution is 5.88. The Morgan fingerprint density at radius 3 is 2.37 bits per heavy atom. The quantitative estimate of drug-likeness (QED) is 0.188. The van der Waals surface area contributed by atoms with Crippen molar-refractivity contribution in [1.82, 2.24) is 24.8 Å². The van der Waals surface area contributed by atoms with Gasteiger partial charge in [-0.1, -0.05) is 58.9 Å². The van der Waals surface area contributed by atoms with Crippen LogP contribution in [0.4, 0.5) is 5.69 Å². The van der Waals surface area contributed by atoms with Crippen LogP contribution in [0.15, 0.2) is 102 Å². The number of nitro benzene ring substituents is 1. The summed E-state index contributed by atoms with van der Waals surface area (Å²) in [6.07, 6.45) is 5.02. The second-order valence-corrected chi connectivity index (χ2v) is 7.50. The molecule has 0 atom stereocenters. The zero-order valence-electron chi connectivity index (χ0n) is 18.4. The van der Waals surface area contributed by atoms with Crippen LogP contribution in [-0.4, -0.2) is 35.9 Å².